The minimum absolute atomic E-state index is 0.0545. The molecule has 1 atom stereocenters. The molecule has 100 valence electrons. The van der Waals surface area contributed by atoms with E-state index in [4.69, 9.17) is 0 Å². The number of nitrogens with one attached hydrogen (secondary N) is 1. The monoisotopic (exact) mass is 256 g/mol. The first-order valence-electron chi connectivity index (χ1n) is 6.66. The summed E-state index contributed by atoms with van der Waals surface area (Å²) in [5, 5.41) is 3.43. The fourth-order valence-corrected chi connectivity index (χ4v) is 2.17. The predicted octanol–water partition coefficient (Wildman–Crippen LogP) is 2.51. The first-order chi connectivity index (χ1) is 9.20. The van der Waals surface area contributed by atoms with Gasteiger partial charge in [0.2, 0.25) is 0 Å². The van der Waals surface area contributed by atoms with Crippen molar-refractivity contribution in [2.24, 2.45) is 0 Å². The molecule has 1 aromatic heterocycles. The van der Waals surface area contributed by atoms with E-state index >= 15 is 0 Å². The van der Waals surface area contributed by atoms with Crippen LogP contribution in [0.3, 0.4) is 0 Å². The maximum atomic E-state index is 11.9. The summed E-state index contributed by atoms with van der Waals surface area (Å²) in [5.74, 6) is 0. The molecule has 0 spiro atoms. The molecule has 1 N–H and O–H groups in total. The topological polar surface area (TPSA) is 34.0 Å². The predicted molar refractivity (Wildman–Crippen MR) is 78.3 cm³/mol. The van der Waals surface area contributed by atoms with E-state index in [1.54, 1.807) is 10.6 Å². The minimum atomic E-state index is 0.0545. The van der Waals surface area contributed by atoms with Crippen LogP contribution in [0.1, 0.15) is 24.1 Å². The summed E-state index contributed by atoms with van der Waals surface area (Å²) < 4.78 is 1.76. The fraction of sp³-hybridized carbons (Fsp3) is 0.312. The quantitative estimate of drug-likeness (QED) is 0.892. The van der Waals surface area contributed by atoms with Crippen molar-refractivity contribution in [3.63, 3.8) is 0 Å². The highest BCUT2D eigenvalue weighted by atomic mass is 16.1. The Kier molecular flexibility index (Phi) is 4.53. The van der Waals surface area contributed by atoms with Crippen molar-refractivity contribution in [1.82, 2.24) is 9.88 Å². The van der Waals surface area contributed by atoms with Crippen LogP contribution in [-0.4, -0.2) is 11.1 Å². The molecule has 0 amide bonds. The molecule has 0 fully saturated rings. The van der Waals surface area contributed by atoms with Gasteiger partial charge in [0.1, 0.15) is 0 Å². The summed E-state index contributed by atoms with van der Waals surface area (Å²) in [7, 11) is 0. The van der Waals surface area contributed by atoms with Gasteiger partial charge in [-0.2, -0.15) is 0 Å². The van der Waals surface area contributed by atoms with E-state index in [0.29, 0.717) is 6.54 Å². The van der Waals surface area contributed by atoms with Crippen LogP contribution in [-0.2, 0) is 6.54 Å². The number of aromatic nitrogens is 1. The molecule has 1 heterocycles. The Morgan fingerprint density at radius 3 is 2.58 bits per heavy atom. The molecule has 3 nitrogen and oxygen atoms in total. The molecule has 1 unspecified atom stereocenters. The number of likely N-dealkylation sites (N-methyl/N-ethyl adjacent to an activating group) is 1. The molecule has 0 saturated heterocycles. The van der Waals surface area contributed by atoms with E-state index < -0.39 is 0 Å². The second kappa shape index (κ2) is 6.34. The van der Waals surface area contributed by atoms with Gasteiger partial charge in [-0.15, -0.1) is 0 Å². The molecule has 0 aliphatic rings. The third kappa shape index (κ3) is 3.55. The van der Waals surface area contributed by atoms with Crippen LogP contribution < -0.4 is 10.9 Å². The molecule has 0 aliphatic heterocycles. The first kappa shape index (κ1) is 13.6. The summed E-state index contributed by atoms with van der Waals surface area (Å²) in [4.78, 5) is 11.9. The van der Waals surface area contributed by atoms with Crippen LogP contribution in [0.5, 0.6) is 0 Å². The number of nitrogens with zero attached hydrogens (tertiary/aromatic N) is 1. The maximum Gasteiger partial charge on any atom is 0.250 e. The molecule has 0 radical (unpaired) electrons. The molecule has 19 heavy (non-hydrogen) atoms. The highest BCUT2D eigenvalue weighted by Gasteiger charge is 2.11. The highest BCUT2D eigenvalue weighted by Crippen LogP contribution is 2.14. The zero-order valence-electron chi connectivity index (χ0n) is 11.5. The second-order valence-electron chi connectivity index (χ2n) is 4.72. The fourth-order valence-electron chi connectivity index (χ4n) is 2.17. The Hall–Kier alpha value is -1.87. The van der Waals surface area contributed by atoms with Crippen molar-refractivity contribution in [3.05, 3.63) is 70.1 Å². The van der Waals surface area contributed by atoms with Crippen molar-refractivity contribution in [2.45, 2.75) is 26.4 Å². The van der Waals surface area contributed by atoms with Crippen LogP contribution in [0.4, 0.5) is 0 Å². The Bertz CT molecular complexity index is 575. The van der Waals surface area contributed by atoms with Crippen LogP contribution in [0.2, 0.25) is 0 Å². The third-order valence-corrected chi connectivity index (χ3v) is 3.18. The first-order valence-corrected chi connectivity index (χ1v) is 6.66. The largest absolute Gasteiger partial charge is 0.314 e. The van der Waals surface area contributed by atoms with Gasteiger partial charge in [0.15, 0.2) is 0 Å². The number of rotatable bonds is 5. The van der Waals surface area contributed by atoms with Gasteiger partial charge in [-0.25, -0.2) is 0 Å². The molecular formula is C16H20N2O. The van der Waals surface area contributed by atoms with E-state index in [1.165, 1.54) is 5.56 Å². The molecule has 0 bridgehead atoms. The van der Waals surface area contributed by atoms with Crippen molar-refractivity contribution in [2.75, 3.05) is 6.54 Å². The van der Waals surface area contributed by atoms with Gasteiger partial charge in [0, 0.05) is 18.8 Å². The van der Waals surface area contributed by atoms with E-state index in [0.717, 1.165) is 12.1 Å². The Morgan fingerprint density at radius 1 is 1.21 bits per heavy atom. The van der Waals surface area contributed by atoms with Gasteiger partial charge in [-0.3, -0.25) is 4.79 Å². The Balaban J connectivity index is 2.24. The van der Waals surface area contributed by atoms with Gasteiger partial charge in [-0.05, 0) is 30.7 Å². The van der Waals surface area contributed by atoms with Gasteiger partial charge < -0.3 is 9.88 Å². The lowest BCUT2D eigenvalue weighted by Gasteiger charge is -2.19. The van der Waals surface area contributed by atoms with E-state index in [-0.39, 0.29) is 11.6 Å². The van der Waals surface area contributed by atoms with Crippen molar-refractivity contribution >= 4 is 0 Å². The highest BCUT2D eigenvalue weighted by molar-refractivity contribution is 5.19. The van der Waals surface area contributed by atoms with Crippen LogP contribution in [0, 0.1) is 6.92 Å². The molecular weight excluding hydrogens is 236 g/mol. The molecule has 2 aromatic rings. The van der Waals surface area contributed by atoms with Gasteiger partial charge in [0.05, 0.1) is 6.04 Å². The normalized spacial score (nSPS) is 12.3. The van der Waals surface area contributed by atoms with Gasteiger partial charge in [-0.1, -0.05) is 37.3 Å². The summed E-state index contributed by atoms with van der Waals surface area (Å²) >= 11 is 0. The molecule has 2 rings (SSSR count). The van der Waals surface area contributed by atoms with Crippen LogP contribution in [0.25, 0.3) is 0 Å². The minimum Gasteiger partial charge on any atom is -0.314 e. The maximum absolute atomic E-state index is 11.9. The summed E-state index contributed by atoms with van der Waals surface area (Å²) in [5.41, 5.74) is 2.26. The zero-order valence-corrected chi connectivity index (χ0v) is 11.5. The average molecular weight is 256 g/mol. The number of hydrogen-bond donors (Lipinski definition) is 1. The third-order valence-electron chi connectivity index (χ3n) is 3.18. The zero-order chi connectivity index (χ0) is 13.7. The van der Waals surface area contributed by atoms with Crippen LogP contribution in [0.15, 0.2) is 53.5 Å². The lowest BCUT2D eigenvalue weighted by Crippen LogP contribution is -2.30. The number of hydrogen-bond acceptors (Lipinski definition) is 2. The van der Waals surface area contributed by atoms with Gasteiger partial charge >= 0.3 is 0 Å². The SMILES string of the molecule is CCNC(Cn1ccc(C)cc1=O)c1ccccc1. The van der Waals surface area contributed by atoms with E-state index in [1.807, 2.05) is 37.4 Å². The molecule has 0 saturated carbocycles. The van der Waals surface area contributed by atoms with Crippen molar-refractivity contribution in [3.8, 4) is 0 Å². The lowest BCUT2D eigenvalue weighted by molar-refractivity contribution is 0.467. The lowest BCUT2D eigenvalue weighted by atomic mass is 10.1. The smallest absolute Gasteiger partial charge is 0.250 e. The number of pyridine rings is 1. The molecule has 1 aromatic carbocycles. The Labute approximate surface area is 113 Å². The summed E-state index contributed by atoms with van der Waals surface area (Å²) in [6, 6.07) is 14.0. The van der Waals surface area contributed by atoms with Crippen molar-refractivity contribution < 1.29 is 0 Å². The molecule has 0 aliphatic carbocycles. The number of aryl methyl sites for hydroxylation is 1. The standard InChI is InChI=1S/C16H20N2O/c1-3-17-15(14-7-5-4-6-8-14)12-18-10-9-13(2)11-16(18)19/h4-11,15,17H,3,12H2,1-2H3. The molecule has 3 heteroatoms. The van der Waals surface area contributed by atoms with E-state index in [9.17, 15) is 4.79 Å². The van der Waals surface area contributed by atoms with E-state index in [2.05, 4.69) is 24.4 Å². The average Bonchev–Trinajstić information content (AvgIpc) is 2.42. The van der Waals surface area contributed by atoms with Crippen LogP contribution >= 0.6 is 0 Å². The van der Waals surface area contributed by atoms with Crippen molar-refractivity contribution in [1.29, 1.82) is 0 Å². The summed E-state index contributed by atoms with van der Waals surface area (Å²) in [6.07, 6.45) is 1.87. The van der Waals surface area contributed by atoms with Gasteiger partial charge in [0.25, 0.3) is 5.56 Å². The second-order valence-corrected chi connectivity index (χ2v) is 4.72. The number of benzene rings is 1. The Morgan fingerprint density at radius 2 is 1.95 bits per heavy atom. The summed E-state index contributed by atoms with van der Waals surface area (Å²) in [6.45, 7) is 5.54.